The van der Waals surface area contributed by atoms with Crippen LogP contribution in [0.5, 0.6) is 17.2 Å². The Labute approximate surface area is 129 Å². The Hall–Kier alpha value is -1.98. The van der Waals surface area contributed by atoms with Crippen molar-refractivity contribution in [3.8, 4) is 17.2 Å². The minimum Gasteiger partial charge on any atom is -0.495 e. The third-order valence-electron chi connectivity index (χ3n) is 2.60. The molecule has 2 aromatic carbocycles. The van der Waals surface area contributed by atoms with Gasteiger partial charge in [0.05, 0.1) is 22.7 Å². The highest BCUT2D eigenvalue weighted by Gasteiger charge is 2.15. The zero-order valence-electron chi connectivity index (χ0n) is 10.7. The molecule has 7 heteroatoms. The third kappa shape index (κ3) is 3.37. The van der Waals surface area contributed by atoms with Gasteiger partial charge in [0.2, 0.25) is 0 Å². The lowest BCUT2D eigenvalue weighted by molar-refractivity contribution is 0.0692. The van der Waals surface area contributed by atoms with Gasteiger partial charge in [0.1, 0.15) is 23.1 Å². The highest BCUT2D eigenvalue weighted by Crippen LogP contribution is 2.35. The Balaban J connectivity index is 2.34. The van der Waals surface area contributed by atoms with E-state index < -0.39 is 17.3 Å². The molecule has 0 aromatic heterocycles. The predicted octanol–water partition coefficient (Wildman–Crippen LogP) is 4.63. The zero-order chi connectivity index (χ0) is 15.6. The van der Waals surface area contributed by atoms with E-state index in [4.69, 9.17) is 37.8 Å². The summed E-state index contributed by atoms with van der Waals surface area (Å²) in [6, 6.07) is 6.50. The first-order valence-corrected chi connectivity index (χ1v) is 6.41. The minimum absolute atomic E-state index is 0.0135. The lowest BCUT2D eigenvalue weighted by Gasteiger charge is -2.10. The van der Waals surface area contributed by atoms with Crippen molar-refractivity contribution >= 4 is 29.2 Å². The van der Waals surface area contributed by atoms with Crippen molar-refractivity contribution in [3.63, 3.8) is 0 Å². The van der Waals surface area contributed by atoms with Gasteiger partial charge in [-0.05, 0) is 18.2 Å². The molecule has 1 N–H and O–H groups in total. The maximum absolute atomic E-state index is 13.6. The normalized spacial score (nSPS) is 10.3. The highest BCUT2D eigenvalue weighted by atomic mass is 35.5. The van der Waals surface area contributed by atoms with Crippen molar-refractivity contribution < 1.29 is 23.8 Å². The van der Waals surface area contributed by atoms with Crippen LogP contribution in [-0.2, 0) is 0 Å². The van der Waals surface area contributed by atoms with Gasteiger partial charge < -0.3 is 14.6 Å². The molecule has 2 aromatic rings. The topological polar surface area (TPSA) is 55.8 Å². The monoisotopic (exact) mass is 330 g/mol. The molecule has 0 fully saturated rings. The van der Waals surface area contributed by atoms with Crippen molar-refractivity contribution in [2.45, 2.75) is 0 Å². The van der Waals surface area contributed by atoms with Crippen molar-refractivity contribution in [2.24, 2.45) is 0 Å². The largest absolute Gasteiger partial charge is 0.495 e. The lowest BCUT2D eigenvalue weighted by atomic mass is 10.2. The fraction of sp³-hybridized carbons (Fsp3) is 0.0714. The van der Waals surface area contributed by atoms with Gasteiger partial charge in [-0.3, -0.25) is 0 Å². The van der Waals surface area contributed by atoms with E-state index in [0.717, 1.165) is 12.1 Å². The van der Waals surface area contributed by atoms with E-state index >= 15 is 0 Å². The second kappa shape index (κ2) is 6.20. The van der Waals surface area contributed by atoms with Gasteiger partial charge in [0, 0.05) is 12.1 Å². The quantitative estimate of drug-likeness (QED) is 0.887. The van der Waals surface area contributed by atoms with Gasteiger partial charge in [0.25, 0.3) is 0 Å². The van der Waals surface area contributed by atoms with Gasteiger partial charge in [-0.1, -0.05) is 23.2 Å². The molecule has 4 nitrogen and oxygen atoms in total. The molecule has 0 saturated heterocycles. The summed E-state index contributed by atoms with van der Waals surface area (Å²) in [4.78, 5) is 10.8. The van der Waals surface area contributed by atoms with Crippen LogP contribution in [0.3, 0.4) is 0 Å². The maximum Gasteiger partial charge on any atom is 0.338 e. The molecule has 0 atom stereocenters. The van der Waals surface area contributed by atoms with Crippen LogP contribution < -0.4 is 9.47 Å². The van der Waals surface area contributed by atoms with Gasteiger partial charge in [-0.15, -0.1) is 0 Å². The molecule has 21 heavy (non-hydrogen) atoms. The summed E-state index contributed by atoms with van der Waals surface area (Å²) in [6.45, 7) is 0. The molecule has 0 aliphatic heterocycles. The summed E-state index contributed by atoms with van der Waals surface area (Å²) < 4.78 is 24.0. The third-order valence-corrected chi connectivity index (χ3v) is 3.19. The number of benzene rings is 2. The van der Waals surface area contributed by atoms with E-state index in [9.17, 15) is 9.18 Å². The van der Waals surface area contributed by atoms with E-state index in [1.807, 2.05) is 0 Å². The number of carboxylic acids is 1. The highest BCUT2D eigenvalue weighted by molar-refractivity contribution is 6.32. The van der Waals surface area contributed by atoms with E-state index in [2.05, 4.69) is 0 Å². The molecule has 0 aliphatic carbocycles. The standard InChI is InChI=1S/C14H9Cl2FO4/c1-20-12-3-2-7(4-9(12)15)21-13-6-11(17)8(14(18)19)5-10(13)16/h2-6H,1H3,(H,18,19). The molecular weight excluding hydrogens is 322 g/mol. The van der Waals surface area contributed by atoms with E-state index in [1.54, 1.807) is 12.1 Å². The molecule has 0 saturated carbocycles. The summed E-state index contributed by atoms with van der Waals surface area (Å²) in [7, 11) is 1.47. The first-order chi connectivity index (χ1) is 9.92. The fourth-order valence-electron chi connectivity index (χ4n) is 1.61. The average molecular weight is 331 g/mol. The molecule has 0 amide bonds. The fourth-order valence-corrected chi connectivity index (χ4v) is 2.06. The molecule has 2 rings (SSSR count). The second-order valence-corrected chi connectivity index (χ2v) is 4.78. The van der Waals surface area contributed by atoms with Crippen LogP contribution in [-0.4, -0.2) is 18.2 Å². The number of aromatic carboxylic acids is 1. The molecular formula is C14H9Cl2FO4. The number of carbonyl (C=O) groups is 1. The van der Waals surface area contributed by atoms with Crippen LogP contribution in [0.15, 0.2) is 30.3 Å². The number of rotatable bonds is 4. The SMILES string of the molecule is COc1ccc(Oc2cc(F)c(C(=O)O)cc2Cl)cc1Cl. The first-order valence-electron chi connectivity index (χ1n) is 5.66. The average Bonchev–Trinajstić information content (AvgIpc) is 2.42. The lowest BCUT2D eigenvalue weighted by Crippen LogP contribution is -2.01. The Kier molecular flexibility index (Phi) is 4.55. The Morgan fingerprint density at radius 2 is 1.81 bits per heavy atom. The van der Waals surface area contributed by atoms with Crippen LogP contribution in [0.4, 0.5) is 4.39 Å². The van der Waals surface area contributed by atoms with Crippen LogP contribution in [0.2, 0.25) is 10.0 Å². The smallest absolute Gasteiger partial charge is 0.338 e. The Bertz CT molecular complexity index is 704. The number of hydrogen-bond donors (Lipinski definition) is 1. The van der Waals surface area contributed by atoms with Crippen molar-refractivity contribution in [2.75, 3.05) is 7.11 Å². The summed E-state index contributed by atoms with van der Waals surface area (Å²) in [5, 5.41) is 9.08. The van der Waals surface area contributed by atoms with Gasteiger partial charge in [-0.2, -0.15) is 0 Å². The number of halogens is 3. The number of methoxy groups -OCH3 is 1. The first kappa shape index (κ1) is 15.4. The molecule has 0 heterocycles. The summed E-state index contributed by atoms with van der Waals surface area (Å²) in [5.74, 6) is -1.59. The molecule has 0 aliphatic rings. The summed E-state index contributed by atoms with van der Waals surface area (Å²) in [6.07, 6.45) is 0. The molecule has 0 unspecified atom stereocenters. The Morgan fingerprint density at radius 3 is 2.38 bits per heavy atom. The molecule has 0 radical (unpaired) electrons. The number of carboxylic acid groups (broad SMARTS) is 1. The number of ether oxygens (including phenoxy) is 2. The van der Waals surface area contributed by atoms with Crippen molar-refractivity contribution in [1.82, 2.24) is 0 Å². The van der Waals surface area contributed by atoms with Gasteiger partial charge >= 0.3 is 5.97 Å². The molecule has 0 bridgehead atoms. The second-order valence-electron chi connectivity index (χ2n) is 3.97. The number of hydrogen-bond acceptors (Lipinski definition) is 3. The van der Waals surface area contributed by atoms with Gasteiger partial charge in [-0.25, -0.2) is 9.18 Å². The van der Waals surface area contributed by atoms with E-state index in [1.165, 1.54) is 13.2 Å². The molecule has 0 spiro atoms. The van der Waals surface area contributed by atoms with Crippen LogP contribution in [0.1, 0.15) is 10.4 Å². The van der Waals surface area contributed by atoms with Gasteiger partial charge in [0.15, 0.2) is 0 Å². The summed E-state index contributed by atoms with van der Waals surface area (Å²) in [5.41, 5.74) is -0.528. The zero-order valence-corrected chi connectivity index (χ0v) is 12.2. The molecule has 110 valence electrons. The van der Waals surface area contributed by atoms with Crippen molar-refractivity contribution in [3.05, 3.63) is 51.8 Å². The van der Waals surface area contributed by atoms with Crippen LogP contribution >= 0.6 is 23.2 Å². The summed E-state index contributed by atoms with van der Waals surface area (Å²) >= 11 is 11.8. The van der Waals surface area contributed by atoms with E-state index in [-0.39, 0.29) is 10.8 Å². The Morgan fingerprint density at radius 1 is 1.14 bits per heavy atom. The van der Waals surface area contributed by atoms with Crippen LogP contribution in [0, 0.1) is 5.82 Å². The minimum atomic E-state index is -1.41. The van der Waals surface area contributed by atoms with Crippen molar-refractivity contribution in [1.29, 1.82) is 0 Å². The maximum atomic E-state index is 13.6. The predicted molar refractivity (Wildman–Crippen MR) is 76.4 cm³/mol. The van der Waals surface area contributed by atoms with Crippen LogP contribution in [0.25, 0.3) is 0 Å². The van der Waals surface area contributed by atoms with E-state index in [0.29, 0.717) is 16.5 Å².